The highest BCUT2D eigenvalue weighted by molar-refractivity contribution is 7.99. The lowest BCUT2D eigenvalue weighted by molar-refractivity contribution is -0.127. The van der Waals surface area contributed by atoms with E-state index < -0.39 is 0 Å². The lowest BCUT2D eigenvalue weighted by Gasteiger charge is -2.27. The summed E-state index contributed by atoms with van der Waals surface area (Å²) < 4.78 is 1.90. The molecule has 27 heavy (non-hydrogen) atoms. The second-order valence-electron chi connectivity index (χ2n) is 7.07. The Labute approximate surface area is 168 Å². The zero-order valence-corrected chi connectivity index (χ0v) is 17.0. The van der Waals surface area contributed by atoms with Gasteiger partial charge in [0.15, 0.2) is 11.0 Å². The van der Waals surface area contributed by atoms with Gasteiger partial charge in [-0.25, -0.2) is 0 Å². The summed E-state index contributed by atoms with van der Waals surface area (Å²) in [6, 6.07) is 7.99. The van der Waals surface area contributed by atoms with E-state index in [-0.39, 0.29) is 5.91 Å². The molecule has 1 aromatic carbocycles. The van der Waals surface area contributed by atoms with E-state index in [2.05, 4.69) is 21.2 Å². The molecule has 2 aromatic rings. The maximum absolute atomic E-state index is 12.9. The number of carbonyl (C=O) groups excluding carboxylic acids is 1. The van der Waals surface area contributed by atoms with Crippen LogP contribution in [0.4, 0.5) is 0 Å². The number of nitrogens with zero attached hydrogens (tertiary/aromatic N) is 4. The van der Waals surface area contributed by atoms with E-state index in [1.54, 1.807) is 0 Å². The highest BCUT2D eigenvalue weighted by atomic mass is 35.5. The average molecular weight is 403 g/mol. The molecule has 7 heteroatoms. The summed E-state index contributed by atoms with van der Waals surface area (Å²) in [6.07, 6.45) is 9.01. The molecule has 0 aliphatic heterocycles. The van der Waals surface area contributed by atoms with Gasteiger partial charge in [0.05, 0.1) is 10.8 Å². The molecular formula is C20H23ClN4OS. The van der Waals surface area contributed by atoms with Gasteiger partial charge in [-0.1, -0.05) is 41.6 Å². The summed E-state index contributed by atoms with van der Waals surface area (Å²) in [6.45, 7) is 0. The van der Waals surface area contributed by atoms with Crippen molar-refractivity contribution >= 4 is 29.3 Å². The number of thioether (sulfide) groups is 1. The van der Waals surface area contributed by atoms with Crippen molar-refractivity contribution in [3.63, 3.8) is 0 Å². The molecule has 2 aliphatic carbocycles. The molecule has 0 spiro atoms. The van der Waals surface area contributed by atoms with Crippen LogP contribution in [0.3, 0.4) is 0 Å². The Balaban J connectivity index is 1.46. The fourth-order valence-electron chi connectivity index (χ4n) is 3.48. The van der Waals surface area contributed by atoms with Crippen LogP contribution in [0.5, 0.6) is 0 Å². The first-order valence-electron chi connectivity index (χ1n) is 9.43. The van der Waals surface area contributed by atoms with Crippen molar-refractivity contribution in [2.75, 3.05) is 5.75 Å². The predicted octanol–water partition coefficient (Wildman–Crippen LogP) is 4.68. The topological polar surface area (TPSA) is 51.0 Å². The summed E-state index contributed by atoms with van der Waals surface area (Å²) in [7, 11) is 1.91. The van der Waals surface area contributed by atoms with Crippen molar-refractivity contribution < 1.29 is 4.79 Å². The third-order valence-corrected chi connectivity index (χ3v) is 6.37. The zero-order chi connectivity index (χ0) is 18.8. The van der Waals surface area contributed by atoms with Crippen LogP contribution in [0.1, 0.15) is 38.5 Å². The van der Waals surface area contributed by atoms with Gasteiger partial charge >= 0.3 is 0 Å². The summed E-state index contributed by atoms with van der Waals surface area (Å²) in [5.74, 6) is 1.27. The molecule has 1 aromatic heterocycles. The molecule has 1 heterocycles. The average Bonchev–Trinajstić information content (AvgIpc) is 3.44. The minimum atomic E-state index is 0.179. The van der Waals surface area contributed by atoms with Crippen LogP contribution >= 0.6 is 23.4 Å². The molecule has 0 bridgehead atoms. The van der Waals surface area contributed by atoms with Crippen molar-refractivity contribution in [1.29, 1.82) is 0 Å². The Kier molecular flexibility index (Phi) is 5.55. The third-order valence-electron chi connectivity index (χ3n) is 5.03. The van der Waals surface area contributed by atoms with Gasteiger partial charge < -0.3 is 9.47 Å². The van der Waals surface area contributed by atoms with Crippen LogP contribution in [0, 0.1) is 0 Å². The first-order valence-corrected chi connectivity index (χ1v) is 10.8. The SMILES string of the molecule is Cn1c(SCC(=O)N(C2=CCCCC2)C2CC2)nnc1-c1ccccc1Cl. The van der Waals surface area contributed by atoms with E-state index in [1.807, 2.05) is 35.9 Å². The molecule has 0 saturated heterocycles. The third kappa shape index (κ3) is 4.06. The zero-order valence-electron chi connectivity index (χ0n) is 15.4. The highest BCUT2D eigenvalue weighted by Crippen LogP contribution is 2.35. The Morgan fingerprint density at radius 3 is 2.81 bits per heavy atom. The van der Waals surface area contributed by atoms with Crippen molar-refractivity contribution in [3.05, 3.63) is 41.1 Å². The standard InChI is InChI=1S/C20H23ClN4OS/c1-24-19(16-9-5-6-10-17(16)21)22-23-20(24)27-13-18(26)25(15-11-12-15)14-7-3-2-4-8-14/h5-7,9-10,15H,2-4,8,11-13H2,1H3. The number of carbonyl (C=O) groups is 1. The highest BCUT2D eigenvalue weighted by Gasteiger charge is 2.35. The molecule has 1 fully saturated rings. The van der Waals surface area contributed by atoms with Crippen molar-refractivity contribution in [2.24, 2.45) is 7.05 Å². The monoisotopic (exact) mass is 402 g/mol. The number of halogens is 1. The van der Waals surface area contributed by atoms with E-state index in [9.17, 15) is 4.79 Å². The maximum atomic E-state index is 12.9. The molecule has 1 amide bonds. The van der Waals surface area contributed by atoms with Gasteiger partial charge in [-0.2, -0.15) is 0 Å². The van der Waals surface area contributed by atoms with Gasteiger partial charge in [0.25, 0.3) is 0 Å². The number of amides is 1. The lowest BCUT2D eigenvalue weighted by atomic mass is 10.0. The summed E-state index contributed by atoms with van der Waals surface area (Å²) in [5.41, 5.74) is 2.07. The normalized spacial score (nSPS) is 16.9. The quantitative estimate of drug-likeness (QED) is 0.658. The number of benzene rings is 1. The van der Waals surface area contributed by atoms with Crippen molar-refractivity contribution in [1.82, 2.24) is 19.7 Å². The van der Waals surface area contributed by atoms with Crippen LogP contribution in [-0.2, 0) is 11.8 Å². The van der Waals surface area contributed by atoms with Crippen LogP contribution in [-0.4, -0.2) is 37.4 Å². The van der Waals surface area contributed by atoms with E-state index >= 15 is 0 Å². The number of hydrogen-bond donors (Lipinski definition) is 0. The largest absolute Gasteiger partial charge is 0.313 e. The van der Waals surface area contributed by atoms with Crippen LogP contribution in [0.15, 0.2) is 41.2 Å². The minimum absolute atomic E-state index is 0.179. The van der Waals surface area contributed by atoms with Crippen LogP contribution in [0.2, 0.25) is 5.02 Å². The molecule has 2 aliphatic rings. The molecule has 4 rings (SSSR count). The molecule has 0 unspecified atom stereocenters. The molecule has 5 nitrogen and oxygen atoms in total. The summed E-state index contributed by atoms with van der Waals surface area (Å²) in [4.78, 5) is 15.0. The predicted molar refractivity (Wildman–Crippen MR) is 109 cm³/mol. The van der Waals surface area contributed by atoms with E-state index in [0.29, 0.717) is 22.6 Å². The Morgan fingerprint density at radius 2 is 2.11 bits per heavy atom. The van der Waals surface area contributed by atoms with Crippen molar-refractivity contribution in [3.8, 4) is 11.4 Å². The minimum Gasteiger partial charge on any atom is -0.313 e. The second-order valence-corrected chi connectivity index (χ2v) is 8.42. The van der Waals surface area contributed by atoms with E-state index in [0.717, 1.165) is 36.4 Å². The van der Waals surface area contributed by atoms with Gasteiger partial charge in [0.2, 0.25) is 5.91 Å². The van der Waals surface area contributed by atoms with Crippen molar-refractivity contribution in [2.45, 2.75) is 49.7 Å². The fourth-order valence-corrected chi connectivity index (χ4v) is 4.48. The Hall–Kier alpha value is -1.79. The lowest BCUT2D eigenvalue weighted by Crippen LogP contribution is -2.34. The number of hydrogen-bond acceptors (Lipinski definition) is 4. The van der Waals surface area contributed by atoms with Crippen LogP contribution in [0.25, 0.3) is 11.4 Å². The molecule has 0 atom stereocenters. The first-order chi connectivity index (χ1) is 13.1. The molecule has 1 saturated carbocycles. The molecular weight excluding hydrogens is 380 g/mol. The van der Waals surface area contributed by atoms with E-state index in [4.69, 9.17) is 11.6 Å². The van der Waals surface area contributed by atoms with Crippen LogP contribution < -0.4 is 0 Å². The van der Waals surface area contributed by atoms with Gasteiger partial charge in [0.1, 0.15) is 0 Å². The maximum Gasteiger partial charge on any atom is 0.237 e. The van der Waals surface area contributed by atoms with Gasteiger partial charge in [-0.15, -0.1) is 10.2 Å². The Bertz CT molecular complexity index is 875. The number of aromatic nitrogens is 3. The smallest absolute Gasteiger partial charge is 0.237 e. The summed E-state index contributed by atoms with van der Waals surface area (Å²) in [5, 5.41) is 9.92. The number of allylic oxidation sites excluding steroid dienone is 2. The van der Waals surface area contributed by atoms with Gasteiger partial charge in [-0.05, 0) is 50.7 Å². The Morgan fingerprint density at radius 1 is 1.30 bits per heavy atom. The second kappa shape index (κ2) is 8.07. The first kappa shape index (κ1) is 18.6. The van der Waals surface area contributed by atoms with Gasteiger partial charge in [0, 0.05) is 24.4 Å². The molecule has 0 N–H and O–H groups in total. The number of rotatable bonds is 6. The fraction of sp³-hybridized carbons (Fsp3) is 0.450. The summed E-state index contributed by atoms with van der Waals surface area (Å²) >= 11 is 7.72. The van der Waals surface area contributed by atoms with Gasteiger partial charge in [-0.3, -0.25) is 4.79 Å². The molecule has 142 valence electrons. The van der Waals surface area contributed by atoms with E-state index in [1.165, 1.54) is 30.3 Å². The molecule has 0 radical (unpaired) electrons.